The Bertz CT molecular complexity index is 1150. The molecular formula is C26H32N4O4. The third kappa shape index (κ3) is 4.94. The Balaban J connectivity index is 1.15. The molecule has 3 aromatic rings. The molecule has 0 saturated carbocycles. The third-order valence-corrected chi connectivity index (χ3v) is 6.66. The molecule has 8 nitrogen and oxygen atoms in total. The van der Waals surface area contributed by atoms with Crippen LogP contribution >= 0.6 is 0 Å². The van der Waals surface area contributed by atoms with Crippen molar-refractivity contribution in [1.82, 2.24) is 20.2 Å². The van der Waals surface area contributed by atoms with E-state index in [0.717, 1.165) is 60.6 Å². The van der Waals surface area contributed by atoms with Gasteiger partial charge in [-0.15, -0.1) is 0 Å². The normalized spacial score (nSPS) is 17.6. The number of nitrogens with one attached hydrogen (secondary N) is 1. The SMILES string of the molecule is COc1ccc2nccc([C@H](O)CN3CCC(NCc4cc(C)c5c(c4)OCCO5)CC3)c2n1. The molecule has 0 spiro atoms. The van der Waals surface area contributed by atoms with Crippen molar-refractivity contribution in [2.45, 2.75) is 38.5 Å². The molecule has 34 heavy (non-hydrogen) atoms. The molecule has 1 atom stereocenters. The molecule has 2 aromatic heterocycles. The molecule has 180 valence electrons. The zero-order valence-electron chi connectivity index (χ0n) is 19.8. The highest BCUT2D eigenvalue weighted by Crippen LogP contribution is 2.34. The first-order chi connectivity index (χ1) is 16.6. The first kappa shape index (κ1) is 22.8. The Labute approximate surface area is 199 Å². The summed E-state index contributed by atoms with van der Waals surface area (Å²) in [7, 11) is 1.59. The Morgan fingerprint density at radius 3 is 2.82 bits per heavy atom. The number of ether oxygens (including phenoxy) is 3. The number of aryl methyl sites for hydroxylation is 1. The van der Waals surface area contributed by atoms with Gasteiger partial charge >= 0.3 is 0 Å². The van der Waals surface area contributed by atoms with Crippen LogP contribution in [0.2, 0.25) is 0 Å². The van der Waals surface area contributed by atoms with Crippen LogP contribution in [0.15, 0.2) is 36.5 Å². The molecule has 8 heteroatoms. The van der Waals surface area contributed by atoms with Crippen molar-refractivity contribution in [1.29, 1.82) is 0 Å². The number of piperidine rings is 1. The number of nitrogens with zero attached hydrogens (tertiary/aromatic N) is 3. The number of pyridine rings is 2. The average Bonchev–Trinajstić information content (AvgIpc) is 2.87. The molecule has 2 aliphatic rings. The summed E-state index contributed by atoms with van der Waals surface area (Å²) in [4.78, 5) is 11.2. The molecule has 1 saturated heterocycles. The topological polar surface area (TPSA) is 89.0 Å². The Hall–Kier alpha value is -2.94. The smallest absolute Gasteiger partial charge is 0.213 e. The van der Waals surface area contributed by atoms with Crippen LogP contribution in [0.1, 0.15) is 35.6 Å². The van der Waals surface area contributed by atoms with Crippen molar-refractivity contribution >= 4 is 11.0 Å². The Kier molecular flexibility index (Phi) is 6.80. The molecule has 1 aromatic carbocycles. The van der Waals surface area contributed by atoms with Crippen LogP contribution in [-0.4, -0.2) is 66.0 Å². The molecular weight excluding hydrogens is 432 g/mol. The molecule has 0 aliphatic carbocycles. The number of benzene rings is 1. The monoisotopic (exact) mass is 464 g/mol. The fourth-order valence-electron chi connectivity index (χ4n) is 4.84. The van der Waals surface area contributed by atoms with Crippen LogP contribution < -0.4 is 19.5 Å². The molecule has 1 fully saturated rings. The highest BCUT2D eigenvalue weighted by molar-refractivity contribution is 5.78. The Morgan fingerprint density at radius 1 is 1.18 bits per heavy atom. The lowest BCUT2D eigenvalue weighted by Gasteiger charge is -2.33. The third-order valence-electron chi connectivity index (χ3n) is 6.66. The molecule has 0 bridgehead atoms. The van der Waals surface area contributed by atoms with Gasteiger partial charge in [0.25, 0.3) is 0 Å². The van der Waals surface area contributed by atoms with Crippen molar-refractivity contribution in [3.63, 3.8) is 0 Å². The maximum absolute atomic E-state index is 11.0. The van der Waals surface area contributed by atoms with E-state index < -0.39 is 6.10 Å². The number of hydrogen-bond donors (Lipinski definition) is 2. The number of β-amino-alcohol motifs (C(OH)–C–C–N with tert-alkyl or cyclic N) is 1. The van der Waals surface area contributed by atoms with E-state index in [1.54, 1.807) is 19.4 Å². The van der Waals surface area contributed by atoms with Crippen LogP contribution in [0.25, 0.3) is 11.0 Å². The van der Waals surface area contributed by atoms with Gasteiger partial charge in [0.05, 0.1) is 24.2 Å². The summed E-state index contributed by atoms with van der Waals surface area (Å²) in [6.07, 6.45) is 3.18. The first-order valence-electron chi connectivity index (χ1n) is 11.9. The summed E-state index contributed by atoms with van der Waals surface area (Å²) < 4.78 is 16.8. The van der Waals surface area contributed by atoms with Gasteiger partial charge in [0, 0.05) is 37.0 Å². The predicted molar refractivity (Wildman–Crippen MR) is 130 cm³/mol. The largest absolute Gasteiger partial charge is 0.486 e. The van der Waals surface area contributed by atoms with E-state index in [0.29, 0.717) is 37.2 Å². The summed E-state index contributed by atoms with van der Waals surface area (Å²) in [6.45, 7) is 6.54. The van der Waals surface area contributed by atoms with E-state index in [1.165, 1.54) is 5.56 Å². The first-order valence-corrected chi connectivity index (χ1v) is 11.9. The van der Waals surface area contributed by atoms with Crippen molar-refractivity contribution in [3.05, 3.63) is 53.2 Å². The van der Waals surface area contributed by atoms with E-state index in [1.807, 2.05) is 12.1 Å². The van der Waals surface area contributed by atoms with E-state index in [4.69, 9.17) is 14.2 Å². The molecule has 4 heterocycles. The minimum absolute atomic E-state index is 0.453. The second-order valence-electron chi connectivity index (χ2n) is 9.03. The number of likely N-dealkylation sites (tertiary alicyclic amines) is 1. The quantitative estimate of drug-likeness (QED) is 0.552. The van der Waals surface area contributed by atoms with E-state index in [2.05, 4.69) is 39.2 Å². The number of hydrogen-bond acceptors (Lipinski definition) is 8. The summed E-state index contributed by atoms with van der Waals surface area (Å²) in [6, 6.07) is 10.2. The van der Waals surface area contributed by atoms with Crippen LogP contribution in [0.3, 0.4) is 0 Å². The summed E-state index contributed by atoms with van der Waals surface area (Å²) in [5.41, 5.74) is 4.58. The number of aliphatic hydroxyl groups is 1. The highest BCUT2D eigenvalue weighted by Gasteiger charge is 2.23. The summed E-state index contributed by atoms with van der Waals surface area (Å²) in [5, 5.41) is 14.7. The van der Waals surface area contributed by atoms with Crippen LogP contribution in [-0.2, 0) is 6.54 Å². The summed E-state index contributed by atoms with van der Waals surface area (Å²) in [5.74, 6) is 2.24. The number of rotatable bonds is 7. The second-order valence-corrected chi connectivity index (χ2v) is 9.03. The minimum Gasteiger partial charge on any atom is -0.486 e. The van der Waals surface area contributed by atoms with Gasteiger partial charge in [0.2, 0.25) is 5.88 Å². The van der Waals surface area contributed by atoms with Crippen LogP contribution in [0.4, 0.5) is 0 Å². The second kappa shape index (κ2) is 10.1. The van der Waals surface area contributed by atoms with Crippen molar-refractivity contribution in [2.24, 2.45) is 0 Å². The van der Waals surface area contributed by atoms with Gasteiger partial charge in [-0.1, -0.05) is 6.07 Å². The van der Waals surface area contributed by atoms with Gasteiger partial charge < -0.3 is 29.5 Å². The highest BCUT2D eigenvalue weighted by atomic mass is 16.6. The lowest BCUT2D eigenvalue weighted by atomic mass is 10.0. The number of methoxy groups -OCH3 is 1. The van der Waals surface area contributed by atoms with Crippen LogP contribution in [0, 0.1) is 6.92 Å². The molecule has 0 amide bonds. The average molecular weight is 465 g/mol. The molecule has 5 rings (SSSR count). The summed E-state index contributed by atoms with van der Waals surface area (Å²) >= 11 is 0. The zero-order valence-corrected chi connectivity index (χ0v) is 19.8. The van der Waals surface area contributed by atoms with Crippen LogP contribution in [0.5, 0.6) is 17.4 Å². The van der Waals surface area contributed by atoms with E-state index in [-0.39, 0.29) is 0 Å². The van der Waals surface area contributed by atoms with E-state index >= 15 is 0 Å². The fourth-order valence-corrected chi connectivity index (χ4v) is 4.84. The maximum Gasteiger partial charge on any atom is 0.213 e. The number of fused-ring (bicyclic) bond motifs is 2. The Morgan fingerprint density at radius 2 is 2.00 bits per heavy atom. The predicted octanol–water partition coefficient (Wildman–Crippen LogP) is 3.01. The van der Waals surface area contributed by atoms with Gasteiger partial charge in [-0.25, -0.2) is 4.98 Å². The molecule has 2 N–H and O–H groups in total. The van der Waals surface area contributed by atoms with E-state index in [9.17, 15) is 5.11 Å². The lowest BCUT2D eigenvalue weighted by molar-refractivity contribution is 0.0947. The van der Waals surface area contributed by atoms with Crippen molar-refractivity contribution < 1.29 is 19.3 Å². The van der Waals surface area contributed by atoms with Gasteiger partial charge in [-0.2, -0.15) is 0 Å². The van der Waals surface area contributed by atoms with Gasteiger partial charge in [0.15, 0.2) is 11.5 Å². The maximum atomic E-state index is 11.0. The van der Waals surface area contributed by atoms with Crippen molar-refractivity contribution in [3.8, 4) is 17.4 Å². The number of aromatic nitrogens is 2. The minimum atomic E-state index is -0.629. The van der Waals surface area contributed by atoms with Gasteiger partial charge in [-0.3, -0.25) is 4.98 Å². The molecule has 0 unspecified atom stereocenters. The molecule has 0 radical (unpaired) electrons. The molecule has 2 aliphatic heterocycles. The standard InChI is InChI=1S/C26H32N4O4/c1-17-13-18(14-23-26(17)34-12-11-33-23)15-28-19-6-9-30(10-7-19)16-22(31)20-5-8-27-21-3-4-24(32-2)29-25(20)21/h3-5,8,13-14,19,22,28,31H,6-7,9-12,15-16H2,1-2H3/t22-/m1/s1. The van der Waals surface area contributed by atoms with Crippen molar-refractivity contribution in [2.75, 3.05) is 40.0 Å². The van der Waals surface area contributed by atoms with Gasteiger partial charge in [0.1, 0.15) is 13.2 Å². The number of aliphatic hydroxyl groups excluding tert-OH is 1. The fraction of sp³-hybridized carbons (Fsp3) is 0.462. The lowest BCUT2D eigenvalue weighted by Crippen LogP contribution is -2.43. The zero-order chi connectivity index (χ0) is 23.5. The van der Waals surface area contributed by atoms with Gasteiger partial charge in [-0.05, 0) is 62.2 Å².